The highest BCUT2D eigenvalue weighted by atomic mass is 127. The molecule has 1 fully saturated rings. The van der Waals surface area contributed by atoms with Gasteiger partial charge in [0.05, 0.1) is 11.1 Å². The van der Waals surface area contributed by atoms with E-state index in [2.05, 4.69) is 0 Å². The molecule has 21 heavy (non-hydrogen) atoms. The highest BCUT2D eigenvalue weighted by Crippen LogP contribution is 2.36. The van der Waals surface area contributed by atoms with Crippen LogP contribution >= 0.6 is 19.8 Å². The van der Waals surface area contributed by atoms with Crippen molar-refractivity contribution in [3.63, 3.8) is 0 Å². The number of halogens is 1. The highest BCUT2D eigenvalue weighted by Gasteiger charge is 2.26. The van der Waals surface area contributed by atoms with Crippen molar-refractivity contribution in [2.45, 2.75) is 38.0 Å². The van der Waals surface area contributed by atoms with E-state index < -0.39 is 46.4 Å². The molecular formula is C14H15IO6. The second-order valence-electron chi connectivity index (χ2n) is 5.09. The highest BCUT2D eigenvalue weighted by molar-refractivity contribution is 14.2. The van der Waals surface area contributed by atoms with Crippen molar-refractivity contribution in [2.75, 3.05) is 0 Å². The Morgan fingerprint density at radius 2 is 1.43 bits per heavy atom. The molecule has 2 rings (SSSR count). The second kappa shape index (κ2) is 6.50. The van der Waals surface area contributed by atoms with Crippen LogP contribution in [0.15, 0.2) is 12.1 Å². The zero-order chi connectivity index (χ0) is 15.6. The van der Waals surface area contributed by atoms with Gasteiger partial charge in [-0.1, -0.05) is 19.3 Å². The number of carboxylic acids is 2. The van der Waals surface area contributed by atoms with Crippen molar-refractivity contribution in [1.82, 2.24) is 0 Å². The molecule has 7 heteroatoms. The van der Waals surface area contributed by atoms with E-state index in [1.165, 1.54) is 12.1 Å². The summed E-state index contributed by atoms with van der Waals surface area (Å²) in [5.74, 6) is -2.71. The molecule has 0 heterocycles. The van der Waals surface area contributed by atoms with Crippen molar-refractivity contribution >= 4 is 31.7 Å². The van der Waals surface area contributed by atoms with Gasteiger partial charge in [0.1, 0.15) is 3.57 Å². The summed E-state index contributed by atoms with van der Waals surface area (Å²) in [6, 6.07) is 2.67. The van der Waals surface area contributed by atoms with Gasteiger partial charge in [0.2, 0.25) is 0 Å². The zero-order valence-electron chi connectivity index (χ0n) is 11.2. The maximum atomic E-state index is 11.3. The summed E-state index contributed by atoms with van der Waals surface area (Å²) in [5, 5.41) is 18.4. The first-order valence-corrected chi connectivity index (χ1v) is 9.45. The van der Waals surface area contributed by atoms with Crippen LogP contribution in [0.1, 0.15) is 64.3 Å². The lowest BCUT2D eigenvalue weighted by Gasteiger charge is -2.23. The maximum Gasteiger partial charge on any atom is 0.342 e. The average molecular weight is 406 g/mol. The van der Waals surface area contributed by atoms with E-state index >= 15 is 0 Å². The van der Waals surface area contributed by atoms with Crippen LogP contribution in [0.5, 0.6) is 0 Å². The second-order valence-corrected chi connectivity index (χ2v) is 7.41. The van der Waals surface area contributed by atoms with E-state index in [1.54, 1.807) is 0 Å². The molecule has 1 saturated carbocycles. The molecule has 0 amide bonds. The van der Waals surface area contributed by atoms with E-state index in [9.17, 15) is 25.9 Å². The minimum absolute atomic E-state index is 0.101. The lowest BCUT2D eigenvalue weighted by atomic mass is 9.83. The summed E-state index contributed by atoms with van der Waals surface area (Å²) >= 11 is -4.22. The Morgan fingerprint density at radius 3 is 1.81 bits per heavy atom. The van der Waals surface area contributed by atoms with Crippen LogP contribution in [0.25, 0.3) is 0 Å². The molecule has 114 valence electrons. The number of hydrogen-bond donors (Lipinski definition) is 2. The molecular weight excluding hydrogens is 391 g/mol. The SMILES string of the molecule is O=C(O)c1cc(C2CCCCC2)cc(C(=O)O)c1I(=O)=O. The molecule has 2 N–H and O–H groups in total. The first-order chi connectivity index (χ1) is 9.91. The van der Waals surface area contributed by atoms with Gasteiger partial charge in [-0.3, -0.25) is 0 Å². The molecule has 1 aromatic carbocycles. The predicted octanol–water partition coefficient (Wildman–Crippen LogP) is 3.50. The topological polar surface area (TPSA) is 109 Å². The van der Waals surface area contributed by atoms with Gasteiger partial charge in [-0.2, -0.15) is 0 Å². The van der Waals surface area contributed by atoms with E-state index in [-0.39, 0.29) is 5.92 Å². The summed E-state index contributed by atoms with van der Waals surface area (Å²) in [7, 11) is 0. The molecule has 0 radical (unpaired) electrons. The number of carbonyl (C=O) groups is 2. The van der Waals surface area contributed by atoms with Crippen LogP contribution in [-0.2, 0) is 6.14 Å². The Morgan fingerprint density at radius 1 is 0.952 bits per heavy atom. The van der Waals surface area contributed by atoms with Crippen molar-refractivity contribution in [2.24, 2.45) is 0 Å². The van der Waals surface area contributed by atoms with E-state index in [0.29, 0.717) is 5.56 Å². The fourth-order valence-corrected chi connectivity index (χ4v) is 4.52. The normalized spacial score (nSPS) is 16.0. The lowest BCUT2D eigenvalue weighted by molar-refractivity contribution is 0.0695. The monoisotopic (exact) mass is 406 g/mol. The summed E-state index contributed by atoms with van der Waals surface area (Å²) < 4.78 is 22.2. The van der Waals surface area contributed by atoms with Crippen molar-refractivity contribution in [3.05, 3.63) is 32.4 Å². The molecule has 0 atom stereocenters. The van der Waals surface area contributed by atoms with Gasteiger partial charge in [0.25, 0.3) is 0 Å². The van der Waals surface area contributed by atoms with E-state index in [1.807, 2.05) is 0 Å². The van der Waals surface area contributed by atoms with Crippen LogP contribution in [-0.4, -0.2) is 22.2 Å². The zero-order valence-corrected chi connectivity index (χ0v) is 13.3. The Balaban J connectivity index is 2.64. The standard InChI is InChI=1S/C14H15IO6/c16-13(17)10-6-9(8-4-2-1-3-5-8)7-11(14(18)19)12(10)15(20)21/h6-8H,1-5H2,(H,16,17)(H,18,19). The van der Waals surface area contributed by atoms with Gasteiger partial charge in [0, 0.05) is 0 Å². The number of benzene rings is 1. The predicted molar refractivity (Wildman–Crippen MR) is 80.3 cm³/mol. The summed E-state index contributed by atoms with van der Waals surface area (Å²) in [5.41, 5.74) is -0.206. The summed E-state index contributed by atoms with van der Waals surface area (Å²) in [6.07, 6.45) is 4.88. The number of aromatic carboxylic acids is 2. The Labute approximate surface area is 128 Å². The number of rotatable bonds is 4. The molecule has 1 aromatic rings. The third kappa shape index (κ3) is 3.39. The largest absolute Gasteiger partial charge is 0.478 e. The summed E-state index contributed by atoms with van der Waals surface area (Å²) in [4.78, 5) is 22.6. The molecule has 0 bridgehead atoms. The molecule has 1 aliphatic rings. The Bertz CT molecular complexity index is 612. The maximum absolute atomic E-state index is 11.3. The van der Waals surface area contributed by atoms with Gasteiger partial charge < -0.3 is 10.2 Å². The fraction of sp³-hybridized carbons (Fsp3) is 0.429. The molecule has 0 spiro atoms. The third-order valence-corrected chi connectivity index (χ3v) is 5.83. The van der Waals surface area contributed by atoms with Gasteiger partial charge in [0.15, 0.2) is 0 Å². The summed E-state index contributed by atoms with van der Waals surface area (Å²) in [6.45, 7) is 0. The minimum atomic E-state index is -4.22. The van der Waals surface area contributed by atoms with Crippen LogP contribution < -0.4 is 0 Å². The number of hydrogen-bond acceptors (Lipinski definition) is 4. The fourth-order valence-electron chi connectivity index (χ4n) is 2.80. The third-order valence-electron chi connectivity index (χ3n) is 3.79. The van der Waals surface area contributed by atoms with Gasteiger partial charge >= 0.3 is 31.7 Å². The van der Waals surface area contributed by atoms with Crippen LogP contribution in [0.3, 0.4) is 0 Å². The average Bonchev–Trinajstić information content (AvgIpc) is 2.46. The number of carboxylic acid groups (broad SMARTS) is 2. The van der Waals surface area contributed by atoms with E-state index in [0.717, 1.165) is 32.1 Å². The van der Waals surface area contributed by atoms with Gasteiger partial charge in [-0.05, 0) is 36.5 Å². The van der Waals surface area contributed by atoms with E-state index in [4.69, 9.17) is 0 Å². The Kier molecular flexibility index (Phi) is 4.92. The molecule has 0 aromatic heterocycles. The lowest BCUT2D eigenvalue weighted by Crippen LogP contribution is -2.12. The molecule has 0 saturated heterocycles. The first-order valence-electron chi connectivity index (χ1n) is 6.61. The molecule has 1 aliphatic carbocycles. The first kappa shape index (κ1) is 15.9. The quantitative estimate of drug-likeness (QED) is 0.741. The van der Waals surface area contributed by atoms with Gasteiger partial charge in [-0.25, -0.2) is 15.7 Å². The van der Waals surface area contributed by atoms with Crippen LogP contribution in [0.4, 0.5) is 0 Å². The van der Waals surface area contributed by atoms with Crippen molar-refractivity contribution in [1.29, 1.82) is 0 Å². The van der Waals surface area contributed by atoms with Gasteiger partial charge in [-0.15, -0.1) is 0 Å². The van der Waals surface area contributed by atoms with Crippen molar-refractivity contribution < 1.29 is 25.9 Å². The molecule has 6 nitrogen and oxygen atoms in total. The smallest absolute Gasteiger partial charge is 0.342 e. The van der Waals surface area contributed by atoms with Crippen LogP contribution in [0, 0.1) is 3.57 Å². The molecule has 0 unspecified atom stereocenters. The Hall–Kier alpha value is -1.51. The van der Waals surface area contributed by atoms with Crippen molar-refractivity contribution in [3.8, 4) is 0 Å². The molecule has 0 aliphatic heterocycles. The van der Waals surface area contributed by atoms with Crippen LogP contribution in [0.2, 0.25) is 0 Å². The minimum Gasteiger partial charge on any atom is -0.478 e.